The van der Waals surface area contributed by atoms with E-state index in [1.165, 1.54) is 0 Å². The van der Waals surface area contributed by atoms with E-state index in [9.17, 15) is 4.79 Å². The Morgan fingerprint density at radius 2 is 2.29 bits per heavy atom. The Bertz CT molecular complexity index is 794. The molecule has 0 saturated carbocycles. The van der Waals surface area contributed by atoms with E-state index < -0.39 is 5.91 Å². The highest BCUT2D eigenvalue weighted by Gasteiger charge is 2.20. The molecule has 0 aliphatic rings. The fourth-order valence-corrected chi connectivity index (χ4v) is 3.90. The number of rotatable bonds is 4. The number of fused-ring (bicyclic) bond motifs is 1. The summed E-state index contributed by atoms with van der Waals surface area (Å²) in [5.41, 5.74) is 4.65. The number of thiazole rings is 1. The van der Waals surface area contributed by atoms with Gasteiger partial charge in [0.1, 0.15) is 9.92 Å². The summed E-state index contributed by atoms with van der Waals surface area (Å²) in [6, 6.07) is 7.57. The van der Waals surface area contributed by atoms with Gasteiger partial charge in [-0.25, -0.2) is 10.8 Å². The molecule has 7 heteroatoms. The number of hydrogen-bond donors (Lipinski definition) is 2. The van der Waals surface area contributed by atoms with Crippen LogP contribution >= 0.6 is 23.1 Å². The number of thioether (sulfide) groups is 1. The van der Waals surface area contributed by atoms with Crippen molar-refractivity contribution in [2.45, 2.75) is 17.0 Å². The third kappa shape index (κ3) is 2.80. The number of aromatic nitrogens is 1. The quantitative estimate of drug-likeness (QED) is 0.334. The molecule has 108 valence electrons. The first-order valence-electron chi connectivity index (χ1n) is 6.25. The van der Waals surface area contributed by atoms with E-state index in [-0.39, 0.29) is 5.76 Å². The number of carbonyl (C=O) groups excluding carboxylic acids is 1. The molecule has 1 amide bonds. The molecule has 21 heavy (non-hydrogen) atoms. The monoisotopic (exact) mass is 319 g/mol. The number of nitrogen functional groups attached to an aromatic ring is 1. The van der Waals surface area contributed by atoms with Gasteiger partial charge >= 0.3 is 5.91 Å². The molecule has 3 rings (SSSR count). The van der Waals surface area contributed by atoms with Crippen molar-refractivity contribution in [2.75, 3.05) is 0 Å². The molecule has 0 saturated heterocycles. The molecule has 2 heterocycles. The van der Waals surface area contributed by atoms with Crippen LogP contribution in [-0.4, -0.2) is 10.9 Å². The van der Waals surface area contributed by atoms with Crippen LogP contribution in [0.4, 0.5) is 0 Å². The van der Waals surface area contributed by atoms with Crippen LogP contribution in [0.15, 0.2) is 38.4 Å². The van der Waals surface area contributed by atoms with E-state index in [0.29, 0.717) is 11.3 Å². The van der Waals surface area contributed by atoms with Crippen LogP contribution in [0.2, 0.25) is 0 Å². The molecular formula is C14H13N3O2S2. The van der Waals surface area contributed by atoms with Crippen LogP contribution in [-0.2, 0) is 5.75 Å². The number of aryl methyl sites for hydroxylation is 1. The first kappa shape index (κ1) is 14.1. The first-order valence-corrected chi connectivity index (χ1v) is 8.12. The Balaban J connectivity index is 1.96. The van der Waals surface area contributed by atoms with Gasteiger partial charge in [0.25, 0.3) is 0 Å². The molecule has 0 unspecified atom stereocenters. The average molecular weight is 319 g/mol. The lowest BCUT2D eigenvalue weighted by atomic mass is 10.1. The van der Waals surface area contributed by atoms with Gasteiger partial charge in [0.15, 0.2) is 5.76 Å². The highest BCUT2D eigenvalue weighted by molar-refractivity contribution is 8.00. The molecule has 0 aliphatic carbocycles. The molecule has 3 aromatic rings. The zero-order valence-electron chi connectivity index (χ0n) is 11.3. The van der Waals surface area contributed by atoms with Gasteiger partial charge in [0.05, 0.1) is 0 Å². The minimum atomic E-state index is -0.419. The third-order valence-electron chi connectivity index (χ3n) is 2.97. The van der Waals surface area contributed by atoms with E-state index in [2.05, 4.69) is 10.4 Å². The predicted molar refractivity (Wildman–Crippen MR) is 84.3 cm³/mol. The van der Waals surface area contributed by atoms with Crippen LogP contribution < -0.4 is 11.3 Å². The summed E-state index contributed by atoms with van der Waals surface area (Å²) < 4.78 is 6.59. The van der Waals surface area contributed by atoms with Crippen LogP contribution in [0.5, 0.6) is 0 Å². The number of benzene rings is 1. The fraction of sp³-hybridized carbons (Fsp3) is 0.143. The van der Waals surface area contributed by atoms with E-state index in [1.807, 2.05) is 36.6 Å². The van der Waals surface area contributed by atoms with Gasteiger partial charge in [-0.1, -0.05) is 30.0 Å². The van der Waals surface area contributed by atoms with Gasteiger partial charge in [-0.05, 0) is 13.0 Å². The number of nitrogens with zero attached hydrogens (tertiary/aromatic N) is 1. The number of amides is 1. The van der Waals surface area contributed by atoms with Gasteiger partial charge in [0.2, 0.25) is 0 Å². The molecule has 0 aliphatic heterocycles. The van der Waals surface area contributed by atoms with Crippen LogP contribution in [0.1, 0.15) is 21.8 Å². The Hall–Kier alpha value is -1.83. The molecule has 0 atom stereocenters. The summed E-state index contributed by atoms with van der Waals surface area (Å²) in [6.45, 7) is 1.96. The second-order valence-electron chi connectivity index (χ2n) is 4.42. The summed E-state index contributed by atoms with van der Waals surface area (Å²) in [5.74, 6) is 5.68. The summed E-state index contributed by atoms with van der Waals surface area (Å²) in [7, 11) is 0. The lowest BCUT2D eigenvalue weighted by molar-refractivity contribution is 0.0927. The Morgan fingerprint density at radius 1 is 1.48 bits per heavy atom. The van der Waals surface area contributed by atoms with E-state index in [1.54, 1.807) is 23.1 Å². The molecule has 2 aromatic heterocycles. The Kier molecular flexibility index (Phi) is 3.96. The molecule has 3 N–H and O–H groups in total. The largest absolute Gasteiger partial charge is 0.451 e. The van der Waals surface area contributed by atoms with Gasteiger partial charge in [-0.2, -0.15) is 0 Å². The van der Waals surface area contributed by atoms with Crippen LogP contribution in [0.25, 0.3) is 11.0 Å². The molecule has 0 fully saturated rings. The van der Waals surface area contributed by atoms with Crippen LogP contribution in [0.3, 0.4) is 0 Å². The number of hydrazine groups is 1. The van der Waals surface area contributed by atoms with Crippen molar-refractivity contribution in [3.8, 4) is 0 Å². The summed E-state index contributed by atoms with van der Waals surface area (Å²) in [6.07, 6.45) is 0. The predicted octanol–water partition coefficient (Wildman–Crippen LogP) is 3.09. The third-order valence-corrected chi connectivity index (χ3v) is 5.14. The second-order valence-corrected chi connectivity index (χ2v) is 6.50. The topological polar surface area (TPSA) is 81.2 Å². The molecule has 1 aromatic carbocycles. The summed E-state index contributed by atoms with van der Waals surface area (Å²) >= 11 is 3.18. The van der Waals surface area contributed by atoms with Crippen LogP contribution in [0, 0.1) is 6.92 Å². The number of nitrogens with one attached hydrogen (secondary N) is 1. The van der Waals surface area contributed by atoms with E-state index >= 15 is 0 Å². The van der Waals surface area contributed by atoms with Gasteiger partial charge in [0, 0.05) is 27.8 Å². The van der Waals surface area contributed by atoms with Crippen molar-refractivity contribution in [3.05, 3.63) is 46.7 Å². The van der Waals surface area contributed by atoms with Crippen molar-refractivity contribution in [2.24, 2.45) is 5.84 Å². The van der Waals surface area contributed by atoms with Crippen molar-refractivity contribution >= 4 is 40.0 Å². The molecule has 5 nitrogen and oxygen atoms in total. The summed E-state index contributed by atoms with van der Waals surface area (Å²) in [5, 5.41) is 2.93. The fourth-order valence-electron chi connectivity index (χ4n) is 2.02. The Morgan fingerprint density at radius 3 is 3.00 bits per heavy atom. The number of carbonyl (C=O) groups is 1. The second kappa shape index (κ2) is 5.88. The van der Waals surface area contributed by atoms with E-state index in [4.69, 9.17) is 10.3 Å². The maximum atomic E-state index is 11.9. The van der Waals surface area contributed by atoms with Crippen molar-refractivity contribution < 1.29 is 9.21 Å². The maximum Gasteiger partial charge on any atom is 0.301 e. The maximum absolute atomic E-state index is 11.9. The number of furan rings is 1. The zero-order chi connectivity index (χ0) is 14.8. The Labute approximate surface area is 129 Å². The highest BCUT2D eigenvalue weighted by atomic mass is 32.2. The minimum Gasteiger partial charge on any atom is -0.451 e. The number of hydrogen-bond acceptors (Lipinski definition) is 6. The standard InChI is InChI=1S/C14H13N3O2S2/c1-8-6-20-14(16-8)21-7-10-9-4-2-3-5-11(9)19-12(10)13(18)17-15/h2-6H,7,15H2,1H3,(H,17,18). The van der Waals surface area contributed by atoms with E-state index in [0.717, 1.165) is 21.0 Å². The lowest BCUT2D eigenvalue weighted by Gasteiger charge is -2.00. The molecule has 0 bridgehead atoms. The smallest absolute Gasteiger partial charge is 0.301 e. The highest BCUT2D eigenvalue weighted by Crippen LogP contribution is 2.33. The van der Waals surface area contributed by atoms with Crippen molar-refractivity contribution in [1.29, 1.82) is 0 Å². The molecule has 0 radical (unpaired) electrons. The SMILES string of the molecule is Cc1csc(SCc2c(C(=O)NN)oc3ccccc23)n1. The number of para-hydroxylation sites is 1. The lowest BCUT2D eigenvalue weighted by Crippen LogP contribution is -2.30. The molecular weight excluding hydrogens is 306 g/mol. The molecule has 0 spiro atoms. The summed E-state index contributed by atoms with van der Waals surface area (Å²) in [4.78, 5) is 16.3. The van der Waals surface area contributed by atoms with Gasteiger partial charge in [-0.15, -0.1) is 11.3 Å². The normalized spacial score (nSPS) is 11.0. The average Bonchev–Trinajstić information content (AvgIpc) is 3.07. The van der Waals surface area contributed by atoms with Crippen molar-refractivity contribution in [3.63, 3.8) is 0 Å². The zero-order valence-corrected chi connectivity index (χ0v) is 12.9. The van der Waals surface area contributed by atoms with Crippen molar-refractivity contribution in [1.82, 2.24) is 10.4 Å². The first-order chi connectivity index (χ1) is 10.2. The van der Waals surface area contributed by atoms with Gasteiger partial charge in [-0.3, -0.25) is 10.2 Å². The number of nitrogens with two attached hydrogens (primary N) is 1. The van der Waals surface area contributed by atoms with Gasteiger partial charge < -0.3 is 4.42 Å². The minimum absolute atomic E-state index is 0.263.